The Labute approximate surface area is 158 Å². The molecule has 0 heterocycles. The Kier molecular flexibility index (Phi) is 10.8. The molecule has 1 rings (SSSR count). The van der Waals surface area contributed by atoms with Gasteiger partial charge in [0.15, 0.2) is 0 Å². The monoisotopic (exact) mass is 414 g/mol. The molecule has 0 saturated heterocycles. The SMILES string of the molecule is CCCCO[P+](=O)NCC=C(C)SCc1cc(Cl)c(Cl)cc1Cl. The summed E-state index contributed by atoms with van der Waals surface area (Å²) in [5.41, 5.74) is 0.931. The van der Waals surface area contributed by atoms with Gasteiger partial charge in [-0.3, -0.25) is 0 Å². The van der Waals surface area contributed by atoms with Crippen LogP contribution in [-0.4, -0.2) is 13.2 Å². The van der Waals surface area contributed by atoms with Crippen molar-refractivity contribution in [2.45, 2.75) is 32.4 Å². The second-order valence-corrected chi connectivity index (χ2v) is 8.30. The molecule has 0 aliphatic carbocycles. The van der Waals surface area contributed by atoms with Gasteiger partial charge in [0.05, 0.1) is 16.6 Å². The second kappa shape index (κ2) is 11.7. The molecule has 8 heteroatoms. The highest BCUT2D eigenvalue weighted by Gasteiger charge is 2.15. The molecule has 0 aliphatic rings. The van der Waals surface area contributed by atoms with E-state index in [1.54, 1.807) is 23.9 Å². The van der Waals surface area contributed by atoms with Gasteiger partial charge < -0.3 is 0 Å². The van der Waals surface area contributed by atoms with Gasteiger partial charge in [-0.15, -0.1) is 16.3 Å². The molecule has 23 heavy (non-hydrogen) atoms. The molecule has 128 valence electrons. The zero-order chi connectivity index (χ0) is 17.2. The molecule has 0 saturated carbocycles. The number of rotatable bonds is 10. The minimum absolute atomic E-state index is 0.453. The van der Waals surface area contributed by atoms with Gasteiger partial charge in [0.25, 0.3) is 0 Å². The van der Waals surface area contributed by atoms with Crippen LogP contribution in [-0.2, 0) is 14.8 Å². The van der Waals surface area contributed by atoms with E-state index in [0.717, 1.165) is 23.3 Å². The molecule has 1 aromatic carbocycles. The van der Waals surface area contributed by atoms with Crippen molar-refractivity contribution < 1.29 is 9.09 Å². The van der Waals surface area contributed by atoms with Gasteiger partial charge in [-0.05, 0) is 40.5 Å². The molecule has 0 spiro atoms. The molecule has 0 fully saturated rings. The molecule has 0 aliphatic heterocycles. The highest BCUT2D eigenvalue weighted by Crippen LogP contribution is 2.32. The van der Waals surface area contributed by atoms with Gasteiger partial charge in [0.1, 0.15) is 6.61 Å². The molecule has 1 aromatic rings. The van der Waals surface area contributed by atoms with Crippen molar-refractivity contribution in [3.05, 3.63) is 43.7 Å². The molecule has 1 N–H and O–H groups in total. The predicted octanol–water partition coefficient (Wildman–Crippen LogP) is 6.85. The van der Waals surface area contributed by atoms with Crippen LogP contribution in [0.5, 0.6) is 0 Å². The molecule has 0 aromatic heterocycles. The number of nitrogens with one attached hydrogen (secondary N) is 1. The van der Waals surface area contributed by atoms with E-state index in [1.165, 1.54) is 0 Å². The van der Waals surface area contributed by atoms with Crippen LogP contribution in [0.3, 0.4) is 0 Å². The van der Waals surface area contributed by atoms with E-state index in [-0.39, 0.29) is 0 Å². The third-order valence-electron chi connectivity index (χ3n) is 2.86. The summed E-state index contributed by atoms with van der Waals surface area (Å²) in [6, 6.07) is 3.43. The number of hydrogen-bond donors (Lipinski definition) is 1. The summed E-state index contributed by atoms with van der Waals surface area (Å²) < 4.78 is 16.7. The summed E-state index contributed by atoms with van der Waals surface area (Å²) in [4.78, 5) is 1.09. The van der Waals surface area contributed by atoms with Crippen molar-refractivity contribution in [1.82, 2.24) is 5.09 Å². The first-order valence-electron chi connectivity index (χ1n) is 7.20. The van der Waals surface area contributed by atoms with Crippen molar-refractivity contribution in [1.29, 1.82) is 0 Å². The van der Waals surface area contributed by atoms with Crippen molar-refractivity contribution >= 4 is 54.7 Å². The summed E-state index contributed by atoms with van der Waals surface area (Å²) in [6.45, 7) is 5.07. The van der Waals surface area contributed by atoms with Crippen LogP contribution in [0.15, 0.2) is 23.1 Å². The van der Waals surface area contributed by atoms with E-state index in [4.69, 9.17) is 39.3 Å². The first-order chi connectivity index (χ1) is 10.9. The van der Waals surface area contributed by atoms with E-state index in [9.17, 15) is 4.57 Å². The summed E-state index contributed by atoms with van der Waals surface area (Å²) in [5.74, 6) is 0.692. The van der Waals surface area contributed by atoms with Gasteiger partial charge in [-0.1, -0.05) is 59.3 Å². The average Bonchev–Trinajstić information content (AvgIpc) is 2.50. The zero-order valence-corrected chi connectivity index (χ0v) is 17.1. The largest absolute Gasteiger partial charge is 0.613 e. The van der Waals surface area contributed by atoms with Crippen LogP contribution >= 0.6 is 54.7 Å². The predicted molar refractivity (Wildman–Crippen MR) is 103 cm³/mol. The van der Waals surface area contributed by atoms with Crippen molar-refractivity contribution in [3.8, 4) is 0 Å². The van der Waals surface area contributed by atoms with Gasteiger partial charge in [-0.25, -0.2) is 0 Å². The van der Waals surface area contributed by atoms with Crippen LogP contribution in [0, 0.1) is 0 Å². The van der Waals surface area contributed by atoms with Gasteiger partial charge >= 0.3 is 8.18 Å². The minimum atomic E-state index is -1.80. The quantitative estimate of drug-likeness (QED) is 0.258. The summed E-state index contributed by atoms with van der Waals surface area (Å²) >= 11 is 19.7. The van der Waals surface area contributed by atoms with Gasteiger partial charge in [0.2, 0.25) is 0 Å². The van der Waals surface area contributed by atoms with Crippen molar-refractivity contribution in [3.63, 3.8) is 0 Å². The normalized spacial score (nSPS) is 12.6. The zero-order valence-electron chi connectivity index (χ0n) is 13.1. The fraction of sp³-hybridized carbons (Fsp3) is 0.467. The topological polar surface area (TPSA) is 38.3 Å². The minimum Gasteiger partial charge on any atom is -0.130 e. The molecular weight excluding hydrogens is 396 g/mol. The van der Waals surface area contributed by atoms with Crippen LogP contribution in [0.1, 0.15) is 32.3 Å². The van der Waals surface area contributed by atoms with Crippen molar-refractivity contribution in [2.24, 2.45) is 0 Å². The Morgan fingerprint density at radius 3 is 2.70 bits per heavy atom. The van der Waals surface area contributed by atoms with Crippen LogP contribution < -0.4 is 5.09 Å². The fourth-order valence-electron chi connectivity index (χ4n) is 1.53. The lowest BCUT2D eigenvalue weighted by molar-refractivity contribution is 0.315. The third kappa shape index (κ3) is 8.74. The summed E-state index contributed by atoms with van der Waals surface area (Å²) in [5, 5.41) is 4.38. The Morgan fingerprint density at radius 1 is 1.30 bits per heavy atom. The van der Waals surface area contributed by atoms with Crippen LogP contribution in [0.25, 0.3) is 0 Å². The molecule has 0 radical (unpaired) electrons. The number of thioether (sulfide) groups is 1. The number of hydrogen-bond acceptors (Lipinski definition) is 3. The smallest absolute Gasteiger partial charge is 0.130 e. The van der Waals surface area contributed by atoms with E-state index < -0.39 is 8.18 Å². The van der Waals surface area contributed by atoms with Crippen LogP contribution in [0.4, 0.5) is 0 Å². The fourth-order valence-corrected chi connectivity index (χ4v) is 3.69. The first kappa shape index (κ1) is 21.2. The number of allylic oxidation sites excluding steroid dienone is 1. The maximum atomic E-state index is 11.5. The highest BCUT2D eigenvalue weighted by atomic mass is 35.5. The Morgan fingerprint density at radius 2 is 2.00 bits per heavy atom. The first-order valence-corrected chi connectivity index (χ1v) is 10.5. The lowest BCUT2D eigenvalue weighted by Crippen LogP contribution is -2.05. The van der Waals surface area contributed by atoms with E-state index in [1.807, 2.05) is 13.0 Å². The van der Waals surface area contributed by atoms with E-state index in [0.29, 0.717) is 34.0 Å². The maximum absolute atomic E-state index is 11.5. The summed E-state index contributed by atoms with van der Waals surface area (Å²) in [6.07, 6.45) is 3.90. The summed E-state index contributed by atoms with van der Waals surface area (Å²) in [7, 11) is -1.80. The Balaban J connectivity index is 2.37. The number of halogens is 3. The Hall–Kier alpha value is 0.200. The Bertz CT molecular complexity index is 570. The molecule has 0 amide bonds. The molecule has 1 unspecified atom stereocenters. The standard InChI is InChI=1S/C15H20Cl3NO2PS/c1-3-4-7-21-22(20)19-6-5-11(2)23-10-12-8-14(17)15(18)9-13(12)16/h5,8-9H,3-4,6-7,10H2,1-2H3,(H,19,20)/q+1. The van der Waals surface area contributed by atoms with E-state index in [2.05, 4.69) is 12.0 Å². The third-order valence-corrected chi connectivity index (χ3v) is 5.87. The second-order valence-electron chi connectivity index (χ2n) is 4.77. The molecule has 3 nitrogen and oxygen atoms in total. The van der Waals surface area contributed by atoms with Crippen molar-refractivity contribution in [2.75, 3.05) is 13.2 Å². The average molecular weight is 416 g/mol. The lowest BCUT2D eigenvalue weighted by atomic mass is 10.2. The molecule has 0 bridgehead atoms. The number of benzene rings is 1. The highest BCUT2D eigenvalue weighted by molar-refractivity contribution is 8.02. The molecule has 1 atom stereocenters. The van der Waals surface area contributed by atoms with E-state index >= 15 is 0 Å². The molecular formula is C15H20Cl3NO2PS+. The van der Waals surface area contributed by atoms with Gasteiger partial charge in [0, 0.05) is 10.8 Å². The number of unbranched alkanes of at least 4 members (excludes halogenated alkanes) is 1. The maximum Gasteiger partial charge on any atom is 0.613 e. The van der Waals surface area contributed by atoms with Crippen LogP contribution in [0.2, 0.25) is 15.1 Å². The lowest BCUT2D eigenvalue weighted by Gasteiger charge is -2.06. The van der Waals surface area contributed by atoms with Gasteiger partial charge in [-0.2, -0.15) is 0 Å².